The van der Waals surface area contributed by atoms with Crippen LogP contribution >= 0.6 is 10.7 Å². The van der Waals surface area contributed by atoms with E-state index in [4.69, 9.17) is 20.2 Å². The Morgan fingerprint density at radius 2 is 2.05 bits per heavy atom. The summed E-state index contributed by atoms with van der Waals surface area (Å²) in [7, 11) is 2.75. The number of hydrogen-bond acceptors (Lipinski definition) is 5. The van der Waals surface area contributed by atoms with Gasteiger partial charge in [-0.1, -0.05) is 0 Å². The molecular formula is C12H13ClO5S. The molecule has 0 amide bonds. The van der Waals surface area contributed by atoms with E-state index in [1.807, 2.05) is 0 Å². The van der Waals surface area contributed by atoms with E-state index in [0.29, 0.717) is 0 Å². The van der Waals surface area contributed by atoms with Gasteiger partial charge in [0.2, 0.25) is 0 Å². The summed E-state index contributed by atoms with van der Waals surface area (Å²) in [5.74, 6) is -0.336. The zero-order valence-electron chi connectivity index (χ0n) is 10.3. The van der Waals surface area contributed by atoms with Gasteiger partial charge in [-0.25, -0.2) is 13.2 Å². The Kier molecular flexibility index (Phi) is 4.01. The van der Waals surface area contributed by atoms with Gasteiger partial charge in [-0.05, 0) is 37.5 Å². The molecule has 0 aromatic heterocycles. The van der Waals surface area contributed by atoms with Gasteiger partial charge in [0.05, 0.1) is 12.0 Å². The highest BCUT2D eigenvalue weighted by Crippen LogP contribution is 2.28. The van der Waals surface area contributed by atoms with E-state index in [1.165, 1.54) is 25.3 Å². The molecule has 1 aliphatic rings. The quantitative estimate of drug-likeness (QED) is 0.631. The number of benzene rings is 1. The Balaban J connectivity index is 2.32. The van der Waals surface area contributed by atoms with Crippen molar-refractivity contribution in [2.45, 2.75) is 30.3 Å². The van der Waals surface area contributed by atoms with Crippen LogP contribution in [0.4, 0.5) is 0 Å². The lowest BCUT2D eigenvalue weighted by molar-refractivity contribution is 0.00869. The highest BCUT2D eigenvalue weighted by atomic mass is 35.7. The number of ether oxygens (including phenoxy) is 2. The molecule has 0 saturated heterocycles. The summed E-state index contributed by atoms with van der Waals surface area (Å²) in [5, 5.41) is 0. The van der Waals surface area contributed by atoms with Crippen molar-refractivity contribution < 1.29 is 22.7 Å². The SMILES string of the molecule is COc1ccc(S(=O)(=O)Cl)cc1C(=O)OC1CCC1. The van der Waals surface area contributed by atoms with Crippen LogP contribution in [0.2, 0.25) is 0 Å². The van der Waals surface area contributed by atoms with Crippen LogP contribution < -0.4 is 4.74 Å². The van der Waals surface area contributed by atoms with Gasteiger partial charge in [-0.3, -0.25) is 0 Å². The molecule has 0 unspecified atom stereocenters. The van der Waals surface area contributed by atoms with Crippen LogP contribution in [-0.2, 0) is 13.8 Å². The van der Waals surface area contributed by atoms with Gasteiger partial charge in [0.15, 0.2) is 0 Å². The molecule has 1 aromatic carbocycles. The number of rotatable bonds is 4. The van der Waals surface area contributed by atoms with Crippen LogP contribution in [0.3, 0.4) is 0 Å². The molecule has 0 N–H and O–H groups in total. The third-order valence-corrected chi connectivity index (χ3v) is 4.35. The summed E-state index contributed by atoms with van der Waals surface area (Å²) in [4.78, 5) is 11.8. The first-order valence-electron chi connectivity index (χ1n) is 5.75. The molecule has 7 heteroatoms. The Morgan fingerprint density at radius 3 is 2.53 bits per heavy atom. The average molecular weight is 305 g/mol. The number of hydrogen-bond donors (Lipinski definition) is 0. The molecule has 19 heavy (non-hydrogen) atoms. The highest BCUT2D eigenvalue weighted by Gasteiger charge is 2.25. The summed E-state index contributed by atoms with van der Waals surface area (Å²) in [6.45, 7) is 0. The first-order chi connectivity index (χ1) is 8.91. The number of halogens is 1. The Bertz CT molecular complexity index is 592. The largest absolute Gasteiger partial charge is 0.496 e. The molecule has 0 bridgehead atoms. The van der Waals surface area contributed by atoms with Crippen LogP contribution in [0.5, 0.6) is 5.75 Å². The standard InChI is InChI=1S/C12H13ClO5S/c1-17-11-6-5-9(19(13,15)16)7-10(11)12(14)18-8-3-2-4-8/h5-8H,2-4H2,1H3. The maximum Gasteiger partial charge on any atom is 0.342 e. The minimum Gasteiger partial charge on any atom is -0.496 e. The lowest BCUT2D eigenvalue weighted by Crippen LogP contribution is -2.25. The van der Waals surface area contributed by atoms with Crippen LogP contribution in [0.15, 0.2) is 23.1 Å². The van der Waals surface area contributed by atoms with Crippen LogP contribution in [0.25, 0.3) is 0 Å². The summed E-state index contributed by atoms with van der Waals surface area (Å²) >= 11 is 0. The van der Waals surface area contributed by atoms with E-state index in [2.05, 4.69) is 0 Å². The molecule has 5 nitrogen and oxygen atoms in total. The van der Waals surface area contributed by atoms with E-state index >= 15 is 0 Å². The van der Waals surface area contributed by atoms with E-state index in [0.717, 1.165) is 19.3 Å². The molecule has 1 saturated carbocycles. The topological polar surface area (TPSA) is 69.7 Å². The molecule has 1 fully saturated rings. The third kappa shape index (κ3) is 3.19. The van der Waals surface area contributed by atoms with E-state index < -0.39 is 15.0 Å². The van der Waals surface area contributed by atoms with Crippen LogP contribution in [-0.4, -0.2) is 27.6 Å². The van der Waals surface area contributed by atoms with Gasteiger partial charge in [0.25, 0.3) is 9.05 Å². The van der Waals surface area contributed by atoms with Gasteiger partial charge in [0.1, 0.15) is 17.4 Å². The molecule has 1 aromatic rings. The maximum atomic E-state index is 12.0. The second kappa shape index (κ2) is 5.38. The molecule has 0 radical (unpaired) electrons. The zero-order chi connectivity index (χ0) is 14.0. The van der Waals surface area contributed by atoms with Gasteiger partial charge in [-0.15, -0.1) is 0 Å². The monoisotopic (exact) mass is 304 g/mol. The fourth-order valence-corrected chi connectivity index (χ4v) is 2.48. The Morgan fingerprint density at radius 1 is 1.37 bits per heavy atom. The summed E-state index contributed by atoms with van der Waals surface area (Å²) in [5.41, 5.74) is 0.0659. The molecule has 0 atom stereocenters. The van der Waals surface area contributed by atoms with Crippen LogP contribution in [0.1, 0.15) is 29.6 Å². The van der Waals surface area contributed by atoms with Crippen molar-refractivity contribution in [1.82, 2.24) is 0 Å². The fraction of sp³-hybridized carbons (Fsp3) is 0.417. The molecule has 0 aliphatic heterocycles. The van der Waals surface area contributed by atoms with Crippen molar-refractivity contribution in [2.24, 2.45) is 0 Å². The molecule has 0 heterocycles. The highest BCUT2D eigenvalue weighted by molar-refractivity contribution is 8.13. The summed E-state index contributed by atoms with van der Waals surface area (Å²) < 4.78 is 32.8. The van der Waals surface area contributed by atoms with Crippen molar-refractivity contribution >= 4 is 25.7 Å². The van der Waals surface area contributed by atoms with E-state index in [1.54, 1.807) is 0 Å². The number of carbonyl (C=O) groups is 1. The Hall–Kier alpha value is -1.27. The predicted molar refractivity (Wildman–Crippen MR) is 69.1 cm³/mol. The van der Waals surface area contributed by atoms with Crippen molar-refractivity contribution in [1.29, 1.82) is 0 Å². The zero-order valence-corrected chi connectivity index (χ0v) is 11.8. The first kappa shape index (κ1) is 14.1. The smallest absolute Gasteiger partial charge is 0.342 e. The van der Waals surface area contributed by atoms with Crippen molar-refractivity contribution in [3.8, 4) is 5.75 Å². The number of esters is 1. The fourth-order valence-electron chi connectivity index (χ4n) is 1.70. The minimum absolute atomic E-state index is 0.0659. The van der Waals surface area contributed by atoms with Gasteiger partial charge in [0, 0.05) is 10.7 Å². The summed E-state index contributed by atoms with van der Waals surface area (Å²) in [6.07, 6.45) is 2.61. The Labute approximate surface area is 115 Å². The second-order valence-corrected chi connectivity index (χ2v) is 6.82. The van der Waals surface area contributed by atoms with Crippen molar-refractivity contribution in [3.63, 3.8) is 0 Å². The molecule has 2 rings (SSSR count). The molecular weight excluding hydrogens is 292 g/mol. The van der Waals surface area contributed by atoms with Gasteiger partial charge < -0.3 is 9.47 Å². The molecule has 1 aliphatic carbocycles. The lowest BCUT2D eigenvalue weighted by atomic mass is 9.96. The van der Waals surface area contributed by atoms with Crippen molar-refractivity contribution in [2.75, 3.05) is 7.11 Å². The summed E-state index contributed by atoms with van der Waals surface area (Å²) in [6, 6.07) is 3.83. The molecule has 0 spiro atoms. The lowest BCUT2D eigenvalue weighted by Gasteiger charge is -2.25. The van der Waals surface area contributed by atoms with Gasteiger partial charge >= 0.3 is 5.97 Å². The number of carbonyl (C=O) groups excluding carboxylic acids is 1. The van der Waals surface area contributed by atoms with E-state index in [9.17, 15) is 13.2 Å². The second-order valence-electron chi connectivity index (χ2n) is 4.26. The minimum atomic E-state index is -3.89. The van der Waals surface area contributed by atoms with Crippen LogP contribution in [0, 0.1) is 0 Å². The number of methoxy groups -OCH3 is 1. The van der Waals surface area contributed by atoms with E-state index in [-0.39, 0.29) is 22.3 Å². The predicted octanol–water partition coefficient (Wildman–Crippen LogP) is 2.33. The first-order valence-corrected chi connectivity index (χ1v) is 8.06. The van der Waals surface area contributed by atoms with Gasteiger partial charge in [-0.2, -0.15) is 0 Å². The molecule has 104 valence electrons. The van der Waals surface area contributed by atoms with Crippen molar-refractivity contribution in [3.05, 3.63) is 23.8 Å². The third-order valence-electron chi connectivity index (χ3n) is 3.00. The average Bonchev–Trinajstić information content (AvgIpc) is 2.31. The maximum absolute atomic E-state index is 12.0. The normalized spacial score (nSPS) is 15.7.